The summed E-state index contributed by atoms with van der Waals surface area (Å²) in [5, 5.41) is 11.1. The van der Waals surface area contributed by atoms with Gasteiger partial charge in [0.2, 0.25) is 11.8 Å². The van der Waals surface area contributed by atoms with Gasteiger partial charge in [0.25, 0.3) is 12.0 Å². The maximum Gasteiger partial charge on any atom is 0.305 e. The second-order valence-corrected chi connectivity index (χ2v) is 7.66. The van der Waals surface area contributed by atoms with Crippen LogP contribution in [0.2, 0.25) is 5.02 Å². The van der Waals surface area contributed by atoms with Crippen LogP contribution in [0.4, 0.5) is 11.4 Å². The zero-order valence-corrected chi connectivity index (χ0v) is 16.9. The smallest absolute Gasteiger partial charge is 0.305 e. The minimum absolute atomic E-state index is 0.0425. The van der Waals surface area contributed by atoms with Crippen molar-refractivity contribution in [2.75, 3.05) is 4.90 Å². The Morgan fingerprint density at radius 3 is 2.45 bits per heavy atom. The molecule has 0 unspecified atom stereocenters. The quantitative estimate of drug-likeness (QED) is 0.163. The first-order valence-corrected chi connectivity index (χ1v) is 9.48. The number of non-ortho nitro benzene ring substituents is 1. The molecular formula is C19H15ClN2O9. The average molecular weight is 451 g/mol. The zero-order valence-electron chi connectivity index (χ0n) is 16.1. The molecule has 0 aliphatic carbocycles. The van der Waals surface area contributed by atoms with E-state index >= 15 is 0 Å². The van der Waals surface area contributed by atoms with Crippen molar-refractivity contribution < 1.29 is 38.3 Å². The number of ether oxygens (including phenoxy) is 3. The van der Waals surface area contributed by atoms with Gasteiger partial charge in [0.1, 0.15) is 0 Å². The molecule has 0 saturated carbocycles. The third-order valence-electron chi connectivity index (χ3n) is 5.37. The number of esters is 2. The lowest BCUT2D eigenvalue weighted by Crippen LogP contribution is -2.52. The molecule has 0 N–H and O–H groups in total. The van der Waals surface area contributed by atoms with E-state index < -0.39 is 58.5 Å². The number of nitro benzene ring substituents is 1. The summed E-state index contributed by atoms with van der Waals surface area (Å²) in [6.45, 7) is 2.18. The van der Waals surface area contributed by atoms with E-state index in [1.807, 2.05) is 0 Å². The Balaban J connectivity index is 1.78. The number of imide groups is 1. The van der Waals surface area contributed by atoms with E-state index in [9.17, 15) is 29.3 Å². The summed E-state index contributed by atoms with van der Waals surface area (Å²) >= 11 is 6.14. The number of anilines is 1. The molecule has 2 fully saturated rings. The van der Waals surface area contributed by atoms with Crippen LogP contribution in [-0.2, 0) is 33.4 Å². The summed E-state index contributed by atoms with van der Waals surface area (Å²) in [7, 11) is 0. The fourth-order valence-corrected chi connectivity index (χ4v) is 4.44. The predicted octanol–water partition coefficient (Wildman–Crippen LogP) is 1.51. The van der Waals surface area contributed by atoms with Crippen molar-refractivity contribution in [1.82, 2.24) is 0 Å². The van der Waals surface area contributed by atoms with Crippen LogP contribution >= 0.6 is 11.6 Å². The highest BCUT2D eigenvalue weighted by atomic mass is 35.5. The SMILES string of the molecule is CC(=O)OC(OC(C)=O)[C@]12C=C[C@@H](O1)[C@@H]1C(=O)N(c3cc([N+](=O)[O-])ccc3Cl)C(=O)[C@@H]12. The molecule has 1 aromatic rings. The highest BCUT2D eigenvalue weighted by Crippen LogP contribution is 2.55. The molecule has 0 spiro atoms. The first-order chi connectivity index (χ1) is 14.6. The minimum atomic E-state index is -1.72. The maximum absolute atomic E-state index is 13.4. The van der Waals surface area contributed by atoms with Crippen LogP contribution in [0.15, 0.2) is 30.4 Å². The Hall–Kier alpha value is -3.31. The molecule has 2 bridgehead atoms. The van der Waals surface area contributed by atoms with Gasteiger partial charge in [-0.05, 0) is 12.1 Å². The summed E-state index contributed by atoms with van der Waals surface area (Å²) in [5.41, 5.74) is -2.23. The Morgan fingerprint density at radius 2 is 1.87 bits per heavy atom. The summed E-state index contributed by atoms with van der Waals surface area (Å²) in [5.74, 6) is -5.25. The molecule has 162 valence electrons. The van der Waals surface area contributed by atoms with E-state index in [4.69, 9.17) is 25.8 Å². The van der Waals surface area contributed by atoms with E-state index in [-0.39, 0.29) is 16.4 Å². The molecular weight excluding hydrogens is 436 g/mol. The molecule has 3 heterocycles. The van der Waals surface area contributed by atoms with Crippen LogP contribution in [0.5, 0.6) is 0 Å². The van der Waals surface area contributed by atoms with Crippen molar-refractivity contribution in [3.05, 3.63) is 45.5 Å². The van der Waals surface area contributed by atoms with Crippen LogP contribution in [0.25, 0.3) is 0 Å². The van der Waals surface area contributed by atoms with Gasteiger partial charge >= 0.3 is 11.9 Å². The highest BCUT2D eigenvalue weighted by Gasteiger charge is 2.72. The van der Waals surface area contributed by atoms with E-state index in [0.29, 0.717) is 0 Å². The standard InChI is InChI=1S/C19H15ClN2O9/c1-8(23)29-18(30-9(2)24)19-6-5-13(31-19)14-15(19)17(26)21(16(14)25)12-7-10(22(27)28)3-4-11(12)20/h3-7,13-15,18H,1-2H3/t13-,14+,15-,19-/m1/s1. The second kappa shape index (κ2) is 7.13. The third kappa shape index (κ3) is 3.08. The number of carbonyl (C=O) groups excluding carboxylic acids is 4. The van der Waals surface area contributed by atoms with E-state index in [1.54, 1.807) is 0 Å². The van der Waals surface area contributed by atoms with Gasteiger partial charge < -0.3 is 14.2 Å². The lowest BCUT2D eigenvalue weighted by molar-refractivity contribution is -0.384. The van der Waals surface area contributed by atoms with Gasteiger partial charge in [-0.1, -0.05) is 17.7 Å². The first kappa shape index (κ1) is 20.9. The molecule has 1 aromatic carbocycles. The van der Waals surface area contributed by atoms with E-state index in [2.05, 4.69) is 0 Å². The average Bonchev–Trinajstić information content (AvgIpc) is 3.32. The number of rotatable bonds is 5. The molecule has 4 rings (SSSR count). The fourth-order valence-electron chi connectivity index (χ4n) is 4.24. The summed E-state index contributed by atoms with van der Waals surface area (Å²) in [4.78, 5) is 61.0. The van der Waals surface area contributed by atoms with Crippen molar-refractivity contribution in [3.63, 3.8) is 0 Å². The third-order valence-corrected chi connectivity index (χ3v) is 5.69. The predicted molar refractivity (Wildman–Crippen MR) is 102 cm³/mol. The largest absolute Gasteiger partial charge is 0.422 e. The lowest BCUT2D eigenvalue weighted by atomic mass is 9.76. The molecule has 31 heavy (non-hydrogen) atoms. The minimum Gasteiger partial charge on any atom is -0.422 e. The maximum atomic E-state index is 13.4. The summed E-state index contributed by atoms with van der Waals surface area (Å²) < 4.78 is 16.1. The topological polar surface area (TPSA) is 142 Å². The van der Waals surface area contributed by atoms with E-state index in [1.165, 1.54) is 18.2 Å². The number of hydrogen-bond donors (Lipinski definition) is 0. The number of carbonyl (C=O) groups is 4. The zero-order chi connectivity index (χ0) is 22.7. The fraction of sp³-hybridized carbons (Fsp3) is 0.368. The number of benzene rings is 1. The number of amides is 2. The number of nitrogens with zero attached hydrogens (tertiary/aromatic N) is 2. The van der Waals surface area contributed by atoms with Crippen molar-refractivity contribution >= 4 is 46.7 Å². The Kier molecular flexibility index (Phi) is 4.82. The van der Waals surface area contributed by atoms with Gasteiger partial charge in [0.15, 0.2) is 5.60 Å². The van der Waals surface area contributed by atoms with Crippen LogP contribution < -0.4 is 4.90 Å². The lowest BCUT2D eigenvalue weighted by Gasteiger charge is -2.34. The van der Waals surface area contributed by atoms with Crippen LogP contribution in [0.1, 0.15) is 13.8 Å². The number of fused-ring (bicyclic) bond motifs is 5. The van der Waals surface area contributed by atoms with Crippen molar-refractivity contribution in [2.45, 2.75) is 31.8 Å². The molecule has 0 aromatic heterocycles. The second-order valence-electron chi connectivity index (χ2n) is 7.25. The van der Waals surface area contributed by atoms with Crippen LogP contribution in [0.3, 0.4) is 0 Å². The summed E-state index contributed by atoms with van der Waals surface area (Å²) in [6.07, 6.45) is 0.484. The Bertz CT molecular complexity index is 1050. The molecule has 2 amide bonds. The monoisotopic (exact) mass is 450 g/mol. The molecule has 3 aliphatic rings. The van der Waals surface area contributed by atoms with Gasteiger partial charge in [-0.2, -0.15) is 0 Å². The normalized spacial score (nSPS) is 28.3. The molecule has 12 heteroatoms. The molecule has 0 radical (unpaired) electrons. The van der Waals surface area contributed by atoms with Gasteiger partial charge in [-0.3, -0.25) is 29.3 Å². The van der Waals surface area contributed by atoms with Crippen molar-refractivity contribution in [3.8, 4) is 0 Å². The van der Waals surface area contributed by atoms with E-state index in [0.717, 1.165) is 30.9 Å². The first-order valence-electron chi connectivity index (χ1n) is 9.10. The van der Waals surface area contributed by atoms with Gasteiger partial charge in [0, 0.05) is 26.0 Å². The Labute approximate surface area is 179 Å². The van der Waals surface area contributed by atoms with Gasteiger partial charge in [-0.15, -0.1) is 0 Å². The number of nitro groups is 1. The number of halogens is 1. The number of hydrogen-bond acceptors (Lipinski definition) is 9. The van der Waals surface area contributed by atoms with Crippen LogP contribution in [-0.4, -0.2) is 46.7 Å². The van der Waals surface area contributed by atoms with Gasteiger partial charge in [0.05, 0.1) is 33.6 Å². The Morgan fingerprint density at radius 1 is 1.23 bits per heavy atom. The van der Waals surface area contributed by atoms with Crippen LogP contribution in [0, 0.1) is 22.0 Å². The molecule has 4 atom stereocenters. The molecule has 3 aliphatic heterocycles. The summed E-state index contributed by atoms with van der Waals surface area (Å²) in [6, 6.07) is 3.38. The van der Waals surface area contributed by atoms with Gasteiger partial charge in [-0.25, -0.2) is 4.90 Å². The van der Waals surface area contributed by atoms with Crippen molar-refractivity contribution in [2.24, 2.45) is 11.8 Å². The highest BCUT2D eigenvalue weighted by molar-refractivity contribution is 6.36. The van der Waals surface area contributed by atoms with Crippen molar-refractivity contribution in [1.29, 1.82) is 0 Å². The molecule has 2 saturated heterocycles. The molecule has 11 nitrogen and oxygen atoms in total.